The van der Waals surface area contributed by atoms with Gasteiger partial charge in [-0.25, -0.2) is 8.42 Å². The zero-order chi connectivity index (χ0) is 26.0. The van der Waals surface area contributed by atoms with E-state index >= 15 is 0 Å². The highest BCUT2D eigenvalue weighted by molar-refractivity contribution is 7.80. The van der Waals surface area contributed by atoms with E-state index in [1.54, 1.807) is 0 Å². The second kappa shape index (κ2) is 25.9. The van der Waals surface area contributed by atoms with E-state index in [2.05, 4.69) is 32.2 Å². The van der Waals surface area contributed by atoms with Gasteiger partial charge in [-0.1, -0.05) is 129 Å². The molecule has 0 aliphatic rings. The van der Waals surface area contributed by atoms with E-state index < -0.39 is 10.4 Å². The first-order valence-corrected chi connectivity index (χ1v) is 15.5. The Morgan fingerprint density at radius 3 is 1.12 bits per heavy atom. The van der Waals surface area contributed by atoms with Crippen LogP contribution in [0.25, 0.3) is 0 Å². The lowest BCUT2D eigenvalue weighted by Crippen LogP contribution is -2.36. The smallest absolute Gasteiger partial charge is 0.217 e. The van der Waals surface area contributed by atoms with Gasteiger partial charge in [-0.15, -0.1) is 0 Å². The Labute approximate surface area is 213 Å². The molecule has 1 N–H and O–H groups in total. The molecule has 0 bridgehead atoms. The van der Waals surface area contributed by atoms with Crippen LogP contribution in [-0.4, -0.2) is 63.5 Å². The molecule has 7 heteroatoms. The largest absolute Gasteiger partial charge is 0.726 e. The maximum absolute atomic E-state index is 10.3. The molecular weight excluding hydrogens is 450 g/mol. The molecule has 34 heavy (non-hydrogen) atoms. The molecule has 6 nitrogen and oxygen atoms in total. The number of hydrogen-bond donors (Lipinski definition) is 1. The number of rotatable bonds is 24. The minimum atomic E-state index is -4.50. The Kier molecular flexibility index (Phi) is 27.4. The van der Waals surface area contributed by atoms with Crippen molar-refractivity contribution in [2.45, 2.75) is 135 Å². The minimum absolute atomic E-state index is 0.0325. The van der Waals surface area contributed by atoms with E-state index in [9.17, 15) is 13.0 Å². The fraction of sp³-hybridized carbons (Fsp3) is 1.00. The van der Waals surface area contributed by atoms with Gasteiger partial charge in [0.15, 0.2) is 0 Å². The second-order valence-electron chi connectivity index (χ2n) is 10.7. The van der Waals surface area contributed by atoms with Gasteiger partial charge in [0.1, 0.15) is 6.54 Å². The number of aliphatic hydroxyl groups is 1. The van der Waals surface area contributed by atoms with Crippen LogP contribution < -0.4 is 0 Å². The van der Waals surface area contributed by atoms with Crippen molar-refractivity contribution in [3.63, 3.8) is 0 Å². The molecule has 0 aromatic carbocycles. The van der Waals surface area contributed by atoms with Crippen LogP contribution in [0.2, 0.25) is 0 Å². The second-order valence-corrected chi connectivity index (χ2v) is 11.7. The summed E-state index contributed by atoms with van der Waals surface area (Å²) in [5.74, 6) is 0. The summed E-state index contributed by atoms with van der Waals surface area (Å²) < 4.78 is 35.8. The molecule has 0 unspecified atom stereocenters. The summed E-state index contributed by atoms with van der Waals surface area (Å²) in [4.78, 5) is 0. The predicted octanol–water partition coefficient (Wildman–Crippen LogP) is 6.97. The van der Waals surface area contributed by atoms with Gasteiger partial charge in [-0.3, -0.25) is 4.18 Å². The minimum Gasteiger partial charge on any atom is -0.726 e. The van der Waals surface area contributed by atoms with Crippen molar-refractivity contribution in [2.24, 2.45) is 0 Å². The number of unbranched alkanes of at least 4 members (excludes halogenated alkanes) is 19. The van der Waals surface area contributed by atoms with Gasteiger partial charge in [0, 0.05) is 0 Å². The van der Waals surface area contributed by atoms with Crippen molar-refractivity contribution in [1.82, 2.24) is 0 Å². The Morgan fingerprint density at radius 2 is 0.912 bits per heavy atom. The van der Waals surface area contributed by atoms with E-state index in [0.29, 0.717) is 6.42 Å². The Bertz CT molecular complexity index is 492. The van der Waals surface area contributed by atoms with E-state index in [-0.39, 0.29) is 13.2 Å². The summed E-state index contributed by atoms with van der Waals surface area (Å²) in [6, 6.07) is 0. The summed E-state index contributed by atoms with van der Waals surface area (Å²) in [5.41, 5.74) is 0. The molecule has 0 aromatic rings. The predicted molar refractivity (Wildman–Crippen MR) is 144 cm³/mol. The SMILES string of the molecule is CCCCCCCCCCCCCCCCCCCCCCOS(=O)(=O)[O-].C[N+](C)(C)CCO. The molecule has 0 rings (SSSR count). The van der Waals surface area contributed by atoms with E-state index in [0.717, 1.165) is 23.9 Å². The van der Waals surface area contributed by atoms with Gasteiger partial charge < -0.3 is 14.1 Å². The van der Waals surface area contributed by atoms with Crippen molar-refractivity contribution in [3.8, 4) is 0 Å². The highest BCUT2D eigenvalue weighted by Crippen LogP contribution is 2.14. The number of hydrogen-bond acceptors (Lipinski definition) is 5. The topological polar surface area (TPSA) is 86.7 Å². The molecule has 0 heterocycles. The summed E-state index contributed by atoms with van der Waals surface area (Å²) in [6.45, 7) is 3.42. The van der Waals surface area contributed by atoms with Gasteiger partial charge in [-0.05, 0) is 6.42 Å². The fourth-order valence-corrected chi connectivity index (χ4v) is 4.14. The lowest BCUT2D eigenvalue weighted by atomic mass is 10.0. The molecule has 0 aliphatic carbocycles. The molecule has 0 amide bonds. The van der Waals surface area contributed by atoms with Crippen LogP contribution in [0.5, 0.6) is 0 Å². The molecule has 0 atom stereocenters. The maximum atomic E-state index is 10.3. The van der Waals surface area contributed by atoms with Gasteiger partial charge >= 0.3 is 0 Å². The van der Waals surface area contributed by atoms with E-state index in [1.165, 1.54) is 109 Å². The summed E-state index contributed by atoms with van der Waals surface area (Å²) in [5, 5.41) is 8.39. The normalized spacial score (nSPS) is 11.9. The van der Waals surface area contributed by atoms with Gasteiger partial charge in [-0.2, -0.15) is 0 Å². The highest BCUT2D eigenvalue weighted by atomic mass is 32.3. The lowest BCUT2D eigenvalue weighted by Gasteiger charge is -2.21. The van der Waals surface area contributed by atoms with Crippen LogP contribution in [0, 0.1) is 0 Å². The van der Waals surface area contributed by atoms with E-state index in [4.69, 9.17) is 5.11 Å². The van der Waals surface area contributed by atoms with Crippen LogP contribution in [0.4, 0.5) is 0 Å². The number of nitrogens with zero attached hydrogens (tertiary/aromatic N) is 1. The van der Waals surface area contributed by atoms with Crippen LogP contribution in [-0.2, 0) is 14.6 Å². The molecule has 0 aromatic heterocycles. The van der Waals surface area contributed by atoms with E-state index in [1.807, 2.05) is 0 Å². The van der Waals surface area contributed by atoms with Crippen LogP contribution in [0.1, 0.15) is 135 Å². The van der Waals surface area contributed by atoms with Crippen LogP contribution in [0.3, 0.4) is 0 Å². The number of aliphatic hydroxyl groups excluding tert-OH is 1. The first kappa shape index (κ1) is 35.9. The van der Waals surface area contributed by atoms with Crippen molar-refractivity contribution in [3.05, 3.63) is 0 Å². The zero-order valence-corrected chi connectivity index (χ0v) is 24.0. The third-order valence-corrected chi connectivity index (χ3v) is 6.45. The molecule has 0 saturated carbocycles. The van der Waals surface area contributed by atoms with Crippen molar-refractivity contribution in [1.29, 1.82) is 0 Å². The number of likely N-dealkylation sites (N-methyl/N-ethyl adjacent to an activating group) is 1. The van der Waals surface area contributed by atoms with Crippen LogP contribution >= 0.6 is 0 Å². The zero-order valence-electron chi connectivity index (χ0n) is 23.2. The standard InChI is InChI=1S/C22H46O4S.C5H14NO/c1-2-3-4-5-6-7-8-9-10-11-12-13-14-15-16-17-18-19-20-21-22-26-27(23,24)25;1-6(2,3)4-5-7/h2-22H2,1H3,(H,23,24,25);7H,4-5H2,1-3H3/q;+1/p-1. The quantitative estimate of drug-likeness (QED) is 0.0657. The molecule has 208 valence electrons. The Hall–Kier alpha value is -0.210. The molecular formula is C27H59NO5S. The Morgan fingerprint density at radius 1 is 0.618 bits per heavy atom. The summed E-state index contributed by atoms with van der Waals surface area (Å²) in [7, 11) is 1.66. The lowest BCUT2D eigenvalue weighted by molar-refractivity contribution is -0.870. The first-order chi connectivity index (χ1) is 16.1. The summed E-state index contributed by atoms with van der Waals surface area (Å²) in [6.07, 6.45) is 26.2. The fourth-order valence-electron chi connectivity index (χ4n) is 3.82. The molecule has 0 radical (unpaired) electrons. The third kappa shape index (κ3) is 39.0. The molecule has 0 fully saturated rings. The van der Waals surface area contributed by atoms with Crippen LogP contribution in [0.15, 0.2) is 0 Å². The first-order valence-electron chi connectivity index (χ1n) is 14.1. The number of quaternary nitrogens is 1. The van der Waals surface area contributed by atoms with Gasteiger partial charge in [0.25, 0.3) is 0 Å². The van der Waals surface area contributed by atoms with Gasteiger partial charge in [0.2, 0.25) is 10.4 Å². The molecule has 0 saturated heterocycles. The average Bonchev–Trinajstić information content (AvgIpc) is 2.73. The monoisotopic (exact) mass is 509 g/mol. The molecule has 0 spiro atoms. The van der Waals surface area contributed by atoms with Crippen molar-refractivity contribution < 1.29 is 26.7 Å². The van der Waals surface area contributed by atoms with Crippen molar-refractivity contribution in [2.75, 3.05) is 40.9 Å². The third-order valence-electron chi connectivity index (χ3n) is 6.00. The average molecular weight is 510 g/mol. The maximum Gasteiger partial charge on any atom is 0.217 e. The Balaban J connectivity index is 0. The van der Waals surface area contributed by atoms with Crippen molar-refractivity contribution >= 4 is 10.4 Å². The highest BCUT2D eigenvalue weighted by Gasteiger charge is 2.02. The summed E-state index contributed by atoms with van der Waals surface area (Å²) >= 11 is 0. The molecule has 0 aliphatic heterocycles. The van der Waals surface area contributed by atoms with Gasteiger partial charge in [0.05, 0.1) is 34.4 Å².